The molecule has 3 saturated carbocycles. The molecule has 0 aromatic carbocycles. The van der Waals surface area contributed by atoms with Gasteiger partial charge in [-0.1, -0.05) is 31.9 Å². The van der Waals surface area contributed by atoms with Gasteiger partial charge in [-0.05, 0) is 86.4 Å². The zero-order valence-corrected chi connectivity index (χ0v) is 15.7. The standard InChI is InChI=1S/C22H36O2/c1-21-10-3-5-19(21)18-7-6-16-15-17(24-14-4-13-23)8-12-22(16,2)20(18)9-11-21/h6,17-20,23H,3-5,7-15H2,1-2H3/t17-,18-,19-,20-,21-,22-/m0/s1. The molecule has 2 heteroatoms. The highest BCUT2D eigenvalue weighted by Crippen LogP contribution is 2.64. The van der Waals surface area contributed by atoms with Crippen molar-refractivity contribution in [1.82, 2.24) is 0 Å². The average molecular weight is 333 g/mol. The third kappa shape index (κ3) is 2.69. The molecular weight excluding hydrogens is 296 g/mol. The Hall–Kier alpha value is -0.340. The van der Waals surface area contributed by atoms with Crippen LogP contribution in [0.1, 0.15) is 78.1 Å². The second-order valence-electron chi connectivity index (χ2n) is 9.66. The van der Waals surface area contributed by atoms with Gasteiger partial charge >= 0.3 is 0 Å². The molecule has 4 aliphatic rings. The number of allylic oxidation sites excluding steroid dienone is 1. The van der Waals surface area contributed by atoms with E-state index in [4.69, 9.17) is 9.84 Å². The monoisotopic (exact) mass is 332 g/mol. The van der Waals surface area contributed by atoms with Gasteiger partial charge in [0.15, 0.2) is 0 Å². The van der Waals surface area contributed by atoms with Gasteiger partial charge < -0.3 is 9.84 Å². The van der Waals surface area contributed by atoms with Gasteiger partial charge in [-0.25, -0.2) is 0 Å². The van der Waals surface area contributed by atoms with E-state index in [0.29, 0.717) is 16.9 Å². The van der Waals surface area contributed by atoms with Crippen LogP contribution in [-0.2, 0) is 4.74 Å². The Kier molecular flexibility index (Phi) is 4.58. The molecule has 0 amide bonds. The number of rotatable bonds is 4. The maximum absolute atomic E-state index is 8.96. The summed E-state index contributed by atoms with van der Waals surface area (Å²) >= 11 is 0. The molecule has 0 aromatic rings. The van der Waals surface area contributed by atoms with Crippen LogP contribution in [0.5, 0.6) is 0 Å². The molecule has 2 nitrogen and oxygen atoms in total. The summed E-state index contributed by atoms with van der Waals surface area (Å²) in [5.41, 5.74) is 2.82. The molecule has 0 spiro atoms. The van der Waals surface area contributed by atoms with Gasteiger partial charge in [0.25, 0.3) is 0 Å². The summed E-state index contributed by atoms with van der Waals surface area (Å²) in [6.07, 6.45) is 16.2. The molecule has 1 N–H and O–H groups in total. The Morgan fingerprint density at radius 2 is 2.00 bits per heavy atom. The Morgan fingerprint density at radius 1 is 1.12 bits per heavy atom. The van der Waals surface area contributed by atoms with Gasteiger partial charge in [0, 0.05) is 13.2 Å². The molecule has 24 heavy (non-hydrogen) atoms. The van der Waals surface area contributed by atoms with E-state index >= 15 is 0 Å². The van der Waals surface area contributed by atoms with Crippen LogP contribution in [0.3, 0.4) is 0 Å². The van der Waals surface area contributed by atoms with Crippen molar-refractivity contribution in [2.45, 2.75) is 84.2 Å². The molecule has 0 heterocycles. The van der Waals surface area contributed by atoms with Crippen molar-refractivity contribution in [1.29, 1.82) is 0 Å². The van der Waals surface area contributed by atoms with Crippen LogP contribution in [0.15, 0.2) is 11.6 Å². The zero-order valence-electron chi connectivity index (χ0n) is 15.7. The third-order valence-electron chi connectivity index (χ3n) is 8.50. The zero-order chi connectivity index (χ0) is 16.8. The van der Waals surface area contributed by atoms with E-state index in [2.05, 4.69) is 19.9 Å². The van der Waals surface area contributed by atoms with Crippen molar-refractivity contribution < 1.29 is 9.84 Å². The number of aliphatic hydroxyl groups excluding tert-OH is 1. The third-order valence-corrected chi connectivity index (χ3v) is 8.50. The van der Waals surface area contributed by atoms with Crippen molar-refractivity contribution in [3.8, 4) is 0 Å². The minimum atomic E-state index is 0.247. The Morgan fingerprint density at radius 3 is 2.83 bits per heavy atom. The van der Waals surface area contributed by atoms with E-state index in [1.54, 1.807) is 5.57 Å². The second kappa shape index (κ2) is 6.43. The van der Waals surface area contributed by atoms with Gasteiger partial charge in [0.05, 0.1) is 6.10 Å². The quantitative estimate of drug-likeness (QED) is 0.573. The van der Waals surface area contributed by atoms with E-state index in [9.17, 15) is 0 Å². The first-order chi connectivity index (χ1) is 11.6. The minimum Gasteiger partial charge on any atom is -0.396 e. The summed E-state index contributed by atoms with van der Waals surface area (Å²) < 4.78 is 6.04. The van der Waals surface area contributed by atoms with Crippen LogP contribution in [0.4, 0.5) is 0 Å². The van der Waals surface area contributed by atoms with Crippen molar-refractivity contribution >= 4 is 0 Å². The smallest absolute Gasteiger partial charge is 0.0612 e. The lowest BCUT2D eigenvalue weighted by atomic mass is 9.48. The molecule has 0 bridgehead atoms. The lowest BCUT2D eigenvalue weighted by Crippen LogP contribution is -2.49. The topological polar surface area (TPSA) is 29.5 Å². The molecule has 0 aromatic heterocycles. The summed E-state index contributed by atoms with van der Waals surface area (Å²) in [6, 6.07) is 0. The van der Waals surface area contributed by atoms with Gasteiger partial charge in [0.1, 0.15) is 0 Å². The fourth-order valence-corrected chi connectivity index (χ4v) is 7.08. The summed E-state index contributed by atoms with van der Waals surface area (Å²) in [6.45, 7) is 6.14. The van der Waals surface area contributed by atoms with Gasteiger partial charge in [-0.15, -0.1) is 0 Å². The SMILES string of the molecule is C[C@@]12CCC[C@H]1[C@@H]1CC=C3C[C@@H](OCCCO)CC[C@]3(C)[C@H]1CC2. The normalized spacial score (nSPS) is 47.5. The van der Waals surface area contributed by atoms with E-state index in [-0.39, 0.29) is 6.61 Å². The fraction of sp³-hybridized carbons (Fsp3) is 0.909. The van der Waals surface area contributed by atoms with E-state index < -0.39 is 0 Å². The molecular formula is C22H36O2. The highest BCUT2D eigenvalue weighted by atomic mass is 16.5. The number of hydrogen-bond donors (Lipinski definition) is 1. The van der Waals surface area contributed by atoms with Crippen molar-refractivity contribution in [3.05, 3.63) is 11.6 Å². The van der Waals surface area contributed by atoms with Crippen molar-refractivity contribution in [2.24, 2.45) is 28.6 Å². The summed E-state index contributed by atoms with van der Waals surface area (Å²) in [7, 11) is 0. The van der Waals surface area contributed by atoms with Crippen LogP contribution < -0.4 is 0 Å². The molecule has 3 fully saturated rings. The van der Waals surface area contributed by atoms with Crippen molar-refractivity contribution in [3.63, 3.8) is 0 Å². The summed E-state index contributed by atoms with van der Waals surface area (Å²) in [5.74, 6) is 2.86. The predicted octanol–water partition coefficient (Wildman–Crippen LogP) is 5.11. The van der Waals surface area contributed by atoms with Gasteiger partial charge in [0.2, 0.25) is 0 Å². The number of ether oxygens (including phenoxy) is 1. The lowest BCUT2D eigenvalue weighted by molar-refractivity contribution is -0.0483. The number of fused-ring (bicyclic) bond motifs is 5. The fourth-order valence-electron chi connectivity index (χ4n) is 7.08. The highest BCUT2D eigenvalue weighted by Gasteiger charge is 2.55. The molecule has 0 unspecified atom stereocenters. The first-order valence-electron chi connectivity index (χ1n) is 10.5. The highest BCUT2D eigenvalue weighted by molar-refractivity contribution is 5.25. The molecule has 4 rings (SSSR count). The maximum Gasteiger partial charge on any atom is 0.0612 e. The molecule has 136 valence electrons. The summed E-state index contributed by atoms with van der Waals surface area (Å²) in [5, 5.41) is 8.96. The van der Waals surface area contributed by atoms with Crippen LogP contribution in [0.2, 0.25) is 0 Å². The van der Waals surface area contributed by atoms with Crippen molar-refractivity contribution in [2.75, 3.05) is 13.2 Å². The van der Waals surface area contributed by atoms with Gasteiger partial charge in [-0.2, -0.15) is 0 Å². The Labute approximate surface area is 148 Å². The van der Waals surface area contributed by atoms with E-state index in [1.807, 2.05) is 0 Å². The second-order valence-corrected chi connectivity index (χ2v) is 9.66. The average Bonchev–Trinajstić information content (AvgIpc) is 2.97. The minimum absolute atomic E-state index is 0.247. The lowest BCUT2D eigenvalue weighted by Gasteiger charge is -2.57. The first-order valence-corrected chi connectivity index (χ1v) is 10.5. The number of hydrogen-bond acceptors (Lipinski definition) is 2. The first kappa shape index (κ1) is 17.1. The molecule has 0 aliphatic heterocycles. The maximum atomic E-state index is 8.96. The molecule has 0 saturated heterocycles. The van der Waals surface area contributed by atoms with Crippen LogP contribution in [0.25, 0.3) is 0 Å². The Bertz CT molecular complexity index is 498. The van der Waals surface area contributed by atoms with Crippen LogP contribution in [0, 0.1) is 28.6 Å². The Balaban J connectivity index is 1.50. The molecule has 0 radical (unpaired) electrons. The number of aliphatic hydroxyl groups is 1. The van der Waals surface area contributed by atoms with Gasteiger partial charge in [-0.3, -0.25) is 0 Å². The summed E-state index contributed by atoms with van der Waals surface area (Å²) in [4.78, 5) is 0. The van der Waals surface area contributed by atoms with E-state index in [1.165, 1.54) is 51.4 Å². The van der Waals surface area contributed by atoms with Crippen LogP contribution in [-0.4, -0.2) is 24.4 Å². The van der Waals surface area contributed by atoms with Crippen LogP contribution >= 0.6 is 0 Å². The molecule has 4 aliphatic carbocycles. The largest absolute Gasteiger partial charge is 0.396 e. The van der Waals surface area contributed by atoms with E-state index in [0.717, 1.165) is 37.2 Å². The predicted molar refractivity (Wildman–Crippen MR) is 97.8 cm³/mol. The molecule has 6 atom stereocenters.